The Bertz CT molecular complexity index is 904. The molecule has 0 aliphatic heterocycles. The van der Waals surface area contributed by atoms with Crippen LogP contribution in [-0.2, 0) is 14.8 Å². The molecule has 0 aliphatic rings. The van der Waals surface area contributed by atoms with Crippen LogP contribution < -0.4 is 14.4 Å². The van der Waals surface area contributed by atoms with Crippen molar-refractivity contribution >= 4 is 21.6 Å². The summed E-state index contributed by atoms with van der Waals surface area (Å²) in [5.74, 6) is 0.641. The van der Waals surface area contributed by atoms with Crippen LogP contribution in [0.15, 0.2) is 42.5 Å². The Hall–Kier alpha value is -2.54. The second-order valence-electron chi connectivity index (χ2n) is 7.20. The maximum Gasteiger partial charge on any atom is 0.232 e. The first-order chi connectivity index (χ1) is 13.7. The zero-order valence-corrected chi connectivity index (χ0v) is 18.4. The third kappa shape index (κ3) is 7.09. The van der Waals surface area contributed by atoms with Gasteiger partial charge in [-0.05, 0) is 50.5 Å². The molecule has 0 saturated carbocycles. The van der Waals surface area contributed by atoms with E-state index in [1.807, 2.05) is 63.2 Å². The highest BCUT2D eigenvalue weighted by molar-refractivity contribution is 7.92. The Morgan fingerprint density at radius 2 is 1.69 bits per heavy atom. The van der Waals surface area contributed by atoms with Crippen LogP contribution in [0.25, 0.3) is 0 Å². The smallest absolute Gasteiger partial charge is 0.232 e. The Balaban J connectivity index is 1.85. The number of aryl methyl sites for hydroxylation is 3. The lowest BCUT2D eigenvalue weighted by atomic mass is 10.0. The molecule has 1 N–H and O–H groups in total. The summed E-state index contributed by atoms with van der Waals surface area (Å²) in [6.45, 7) is 6.85. The number of rotatable bonds is 10. The normalized spacial score (nSPS) is 11.2. The van der Waals surface area contributed by atoms with Gasteiger partial charge in [-0.1, -0.05) is 35.9 Å². The van der Waals surface area contributed by atoms with Gasteiger partial charge in [-0.15, -0.1) is 0 Å². The molecule has 0 fully saturated rings. The quantitative estimate of drug-likeness (QED) is 0.601. The second-order valence-corrected chi connectivity index (χ2v) is 9.10. The molecule has 0 bridgehead atoms. The minimum Gasteiger partial charge on any atom is -0.492 e. The van der Waals surface area contributed by atoms with Gasteiger partial charge in [-0.3, -0.25) is 9.10 Å². The Morgan fingerprint density at radius 1 is 1.07 bits per heavy atom. The highest BCUT2D eigenvalue weighted by atomic mass is 32.2. The largest absolute Gasteiger partial charge is 0.492 e. The number of amides is 1. The summed E-state index contributed by atoms with van der Waals surface area (Å²) in [4.78, 5) is 12.1. The SMILES string of the molecule is Cc1cc(C)c(N(CCCC(=O)NCCOc2ccccc2)S(C)(=O)=O)c(C)c1. The number of para-hydroxylation sites is 1. The fourth-order valence-corrected chi connectivity index (χ4v) is 4.44. The lowest BCUT2D eigenvalue weighted by Crippen LogP contribution is -2.33. The summed E-state index contributed by atoms with van der Waals surface area (Å²) in [6.07, 6.45) is 1.89. The highest BCUT2D eigenvalue weighted by Crippen LogP contribution is 2.28. The van der Waals surface area contributed by atoms with Crippen LogP contribution in [0.4, 0.5) is 5.69 Å². The van der Waals surface area contributed by atoms with Crippen molar-refractivity contribution in [2.45, 2.75) is 33.6 Å². The van der Waals surface area contributed by atoms with Crippen molar-refractivity contribution in [2.75, 3.05) is 30.3 Å². The molecule has 0 aliphatic carbocycles. The molecule has 158 valence electrons. The number of ether oxygens (including phenoxy) is 1. The first-order valence-electron chi connectivity index (χ1n) is 9.68. The standard InChI is InChI=1S/C22H30N2O4S/c1-17-15-18(2)22(19(3)16-17)24(29(4,26)27)13-8-11-21(25)23-12-14-28-20-9-6-5-7-10-20/h5-7,9-10,15-16H,8,11-14H2,1-4H3,(H,23,25). The number of hydrogen-bond acceptors (Lipinski definition) is 4. The van der Waals surface area contributed by atoms with Crippen LogP contribution in [0.1, 0.15) is 29.5 Å². The van der Waals surface area contributed by atoms with E-state index >= 15 is 0 Å². The van der Waals surface area contributed by atoms with Crippen molar-refractivity contribution < 1.29 is 17.9 Å². The predicted octanol–water partition coefficient (Wildman–Crippen LogP) is 3.35. The fourth-order valence-electron chi connectivity index (χ4n) is 3.36. The Kier molecular flexibility index (Phi) is 8.08. The number of sulfonamides is 1. The van der Waals surface area contributed by atoms with E-state index in [2.05, 4.69) is 5.32 Å². The monoisotopic (exact) mass is 418 g/mol. The zero-order chi connectivity index (χ0) is 21.4. The molecule has 7 heteroatoms. The average Bonchev–Trinajstić information content (AvgIpc) is 2.63. The van der Waals surface area contributed by atoms with Crippen LogP contribution in [-0.4, -0.2) is 40.3 Å². The summed E-state index contributed by atoms with van der Waals surface area (Å²) in [7, 11) is -3.44. The number of anilines is 1. The van der Waals surface area contributed by atoms with Gasteiger partial charge in [0.25, 0.3) is 0 Å². The van der Waals surface area contributed by atoms with Gasteiger partial charge in [0.05, 0.1) is 18.5 Å². The topological polar surface area (TPSA) is 75.7 Å². The lowest BCUT2D eigenvalue weighted by molar-refractivity contribution is -0.121. The van der Waals surface area contributed by atoms with Gasteiger partial charge in [0.15, 0.2) is 0 Å². The highest BCUT2D eigenvalue weighted by Gasteiger charge is 2.21. The predicted molar refractivity (Wildman–Crippen MR) is 117 cm³/mol. The molecule has 0 spiro atoms. The zero-order valence-electron chi connectivity index (χ0n) is 17.6. The van der Waals surface area contributed by atoms with Gasteiger partial charge >= 0.3 is 0 Å². The first-order valence-corrected chi connectivity index (χ1v) is 11.5. The second kappa shape index (κ2) is 10.3. The van der Waals surface area contributed by atoms with Crippen LogP contribution in [0, 0.1) is 20.8 Å². The number of carbonyl (C=O) groups excluding carboxylic acids is 1. The van der Waals surface area contributed by atoms with E-state index in [4.69, 9.17) is 4.74 Å². The van der Waals surface area contributed by atoms with Gasteiger partial charge in [0.2, 0.25) is 15.9 Å². The van der Waals surface area contributed by atoms with Crippen LogP contribution in [0.3, 0.4) is 0 Å². The first kappa shape index (κ1) is 22.7. The molecule has 2 aromatic carbocycles. The van der Waals surface area contributed by atoms with Crippen molar-refractivity contribution in [1.82, 2.24) is 5.32 Å². The number of nitrogens with one attached hydrogen (secondary N) is 1. The van der Waals surface area contributed by atoms with E-state index in [-0.39, 0.29) is 18.9 Å². The van der Waals surface area contributed by atoms with Crippen LogP contribution in [0.2, 0.25) is 0 Å². The molecule has 0 radical (unpaired) electrons. The van der Waals surface area contributed by atoms with Crippen LogP contribution >= 0.6 is 0 Å². The number of hydrogen-bond donors (Lipinski definition) is 1. The molecule has 0 atom stereocenters. The average molecular weight is 419 g/mol. The molecule has 0 saturated heterocycles. The molecule has 29 heavy (non-hydrogen) atoms. The summed E-state index contributed by atoms with van der Waals surface area (Å²) in [6, 6.07) is 13.3. The minimum atomic E-state index is -3.44. The van der Waals surface area contributed by atoms with E-state index in [9.17, 15) is 13.2 Å². The number of nitrogens with zero attached hydrogens (tertiary/aromatic N) is 1. The van der Waals surface area contributed by atoms with E-state index < -0.39 is 10.0 Å². The summed E-state index contributed by atoms with van der Waals surface area (Å²) in [5.41, 5.74) is 3.62. The van der Waals surface area contributed by atoms with Gasteiger partial charge in [0, 0.05) is 13.0 Å². The fraction of sp³-hybridized carbons (Fsp3) is 0.409. The van der Waals surface area contributed by atoms with E-state index in [1.165, 1.54) is 10.6 Å². The molecule has 0 aromatic heterocycles. The number of carbonyl (C=O) groups is 1. The van der Waals surface area contributed by atoms with E-state index in [0.717, 1.165) is 22.4 Å². The molecule has 6 nitrogen and oxygen atoms in total. The maximum absolute atomic E-state index is 12.4. The molecule has 1 amide bonds. The summed E-state index contributed by atoms with van der Waals surface area (Å²) in [5, 5.41) is 2.80. The number of benzene rings is 2. The van der Waals surface area contributed by atoms with Crippen molar-refractivity contribution in [3.8, 4) is 5.75 Å². The van der Waals surface area contributed by atoms with Crippen molar-refractivity contribution in [3.63, 3.8) is 0 Å². The lowest BCUT2D eigenvalue weighted by Gasteiger charge is -2.26. The third-order valence-electron chi connectivity index (χ3n) is 4.49. The van der Waals surface area contributed by atoms with Gasteiger partial charge < -0.3 is 10.1 Å². The van der Waals surface area contributed by atoms with E-state index in [1.54, 1.807) is 0 Å². The molecular weight excluding hydrogens is 388 g/mol. The summed E-state index contributed by atoms with van der Waals surface area (Å²) >= 11 is 0. The molecule has 0 unspecified atom stereocenters. The van der Waals surface area contributed by atoms with Crippen molar-refractivity contribution in [2.24, 2.45) is 0 Å². The van der Waals surface area contributed by atoms with Gasteiger partial charge in [-0.2, -0.15) is 0 Å². The Labute approximate surface area is 173 Å². The Morgan fingerprint density at radius 3 is 2.28 bits per heavy atom. The van der Waals surface area contributed by atoms with Crippen LogP contribution in [0.5, 0.6) is 5.75 Å². The minimum absolute atomic E-state index is 0.118. The van der Waals surface area contributed by atoms with E-state index in [0.29, 0.717) is 25.3 Å². The molecule has 0 heterocycles. The molecule has 2 aromatic rings. The van der Waals surface area contributed by atoms with Crippen molar-refractivity contribution in [1.29, 1.82) is 0 Å². The van der Waals surface area contributed by atoms with Gasteiger partial charge in [0.1, 0.15) is 12.4 Å². The van der Waals surface area contributed by atoms with Gasteiger partial charge in [-0.25, -0.2) is 8.42 Å². The van der Waals surface area contributed by atoms with Crippen molar-refractivity contribution in [3.05, 3.63) is 59.2 Å². The third-order valence-corrected chi connectivity index (χ3v) is 5.65. The molecule has 2 rings (SSSR count). The molecular formula is C22H30N2O4S. The maximum atomic E-state index is 12.4. The summed E-state index contributed by atoms with van der Waals surface area (Å²) < 4.78 is 31.6.